The fourth-order valence-electron chi connectivity index (χ4n) is 4.15. The first-order valence-electron chi connectivity index (χ1n) is 14.1. The van der Waals surface area contributed by atoms with Crippen LogP contribution in [0, 0.1) is 0 Å². The minimum absolute atomic E-state index is 0.00329. The first-order chi connectivity index (χ1) is 18.1. The number of hydrogen-bond donors (Lipinski definition) is 1. The molecular formula is C31H46N2O3S. The third kappa shape index (κ3) is 12.6. The number of unbranched alkanes of at least 4 members (excludes halogenated alkanes) is 8. The lowest BCUT2D eigenvalue weighted by molar-refractivity contribution is -0.142. The summed E-state index contributed by atoms with van der Waals surface area (Å²) >= 11 is 1.66. The number of urea groups is 1. The predicted molar refractivity (Wildman–Crippen MR) is 156 cm³/mol. The maximum absolute atomic E-state index is 13.2. The zero-order valence-corrected chi connectivity index (χ0v) is 23.9. The zero-order valence-electron chi connectivity index (χ0n) is 23.1. The van der Waals surface area contributed by atoms with Crippen LogP contribution >= 0.6 is 11.8 Å². The first-order valence-corrected chi connectivity index (χ1v) is 15.0. The number of nitrogens with one attached hydrogen (secondary N) is 1. The molecule has 0 saturated heterocycles. The van der Waals surface area contributed by atoms with Crippen molar-refractivity contribution in [3.05, 3.63) is 54.1 Å². The fraction of sp³-hybridized carbons (Fsp3) is 0.548. The minimum Gasteiger partial charge on any atom is -0.466 e. The lowest BCUT2D eigenvalue weighted by atomic mass is 10.1. The maximum Gasteiger partial charge on any atom is 0.321 e. The van der Waals surface area contributed by atoms with Gasteiger partial charge in [-0.15, -0.1) is 0 Å². The summed E-state index contributed by atoms with van der Waals surface area (Å²) in [5.74, 6) is -0.204. The highest BCUT2D eigenvalue weighted by atomic mass is 32.2. The molecule has 5 nitrogen and oxygen atoms in total. The number of carbonyl (C=O) groups is 2. The topological polar surface area (TPSA) is 58.6 Å². The summed E-state index contributed by atoms with van der Waals surface area (Å²) < 4.78 is 5.04. The van der Waals surface area contributed by atoms with Crippen molar-refractivity contribution in [1.29, 1.82) is 0 Å². The lowest BCUT2D eigenvalue weighted by Gasteiger charge is -2.24. The van der Waals surface area contributed by atoms with Crippen LogP contribution in [0.4, 0.5) is 10.5 Å². The minimum atomic E-state index is -0.204. The van der Waals surface area contributed by atoms with Crippen LogP contribution in [0.1, 0.15) is 90.5 Å². The molecule has 2 aromatic carbocycles. The zero-order chi connectivity index (χ0) is 26.7. The number of carbonyl (C=O) groups excluding carboxylic acids is 2. The number of rotatable bonds is 18. The highest BCUT2D eigenvalue weighted by Crippen LogP contribution is 2.31. The van der Waals surface area contributed by atoms with E-state index < -0.39 is 0 Å². The third-order valence-electron chi connectivity index (χ3n) is 6.23. The highest BCUT2D eigenvalue weighted by Gasteiger charge is 2.16. The lowest BCUT2D eigenvalue weighted by Crippen LogP contribution is -2.41. The number of anilines is 1. The van der Waals surface area contributed by atoms with Crippen molar-refractivity contribution >= 4 is 29.4 Å². The number of ether oxygens (including phenoxy) is 1. The van der Waals surface area contributed by atoms with E-state index in [1.165, 1.54) is 38.5 Å². The highest BCUT2D eigenvalue weighted by molar-refractivity contribution is 7.99. The maximum atomic E-state index is 13.2. The summed E-state index contributed by atoms with van der Waals surface area (Å²) in [7, 11) is 0. The van der Waals surface area contributed by atoms with Crippen molar-refractivity contribution in [2.24, 2.45) is 0 Å². The quantitative estimate of drug-likeness (QED) is 0.156. The van der Waals surface area contributed by atoms with Gasteiger partial charge in [0.1, 0.15) is 0 Å². The molecule has 0 heterocycles. The van der Waals surface area contributed by atoms with Gasteiger partial charge < -0.3 is 10.1 Å². The van der Waals surface area contributed by atoms with Gasteiger partial charge in [0.2, 0.25) is 0 Å². The number of amides is 2. The SMILES string of the molecule is CCCCCCCNC(=O)N(CCCCCCC)c1cccc(Sc2ccc(CC(=O)OCC)cc2)c1. The van der Waals surface area contributed by atoms with Crippen LogP contribution in [0.5, 0.6) is 0 Å². The smallest absolute Gasteiger partial charge is 0.321 e. The predicted octanol–water partition coefficient (Wildman–Crippen LogP) is 8.40. The van der Waals surface area contributed by atoms with E-state index in [9.17, 15) is 9.59 Å². The number of nitrogens with zero attached hydrogens (tertiary/aromatic N) is 1. The van der Waals surface area contributed by atoms with Crippen molar-refractivity contribution in [3.8, 4) is 0 Å². The van der Waals surface area contributed by atoms with E-state index in [1.54, 1.807) is 11.8 Å². The van der Waals surface area contributed by atoms with Gasteiger partial charge >= 0.3 is 12.0 Å². The van der Waals surface area contributed by atoms with Crippen LogP contribution in [0.15, 0.2) is 58.3 Å². The number of benzene rings is 2. The van der Waals surface area contributed by atoms with Crippen LogP contribution in [0.2, 0.25) is 0 Å². The Morgan fingerprint density at radius 1 is 0.811 bits per heavy atom. The molecule has 0 saturated carbocycles. The van der Waals surface area contributed by atoms with Crippen LogP contribution in [-0.2, 0) is 16.0 Å². The molecule has 204 valence electrons. The van der Waals surface area contributed by atoms with Crippen LogP contribution < -0.4 is 10.2 Å². The van der Waals surface area contributed by atoms with Crippen LogP contribution in [-0.4, -0.2) is 31.7 Å². The first kappa shape index (κ1) is 30.8. The van der Waals surface area contributed by atoms with Crippen molar-refractivity contribution in [3.63, 3.8) is 0 Å². The average molecular weight is 527 g/mol. The van der Waals surface area contributed by atoms with Gasteiger partial charge in [-0.1, -0.05) is 95.2 Å². The molecule has 0 spiro atoms. The molecule has 0 aliphatic rings. The molecule has 1 N–H and O–H groups in total. The molecule has 0 aromatic heterocycles. The van der Waals surface area contributed by atoms with Gasteiger partial charge in [-0.25, -0.2) is 4.79 Å². The van der Waals surface area contributed by atoms with E-state index in [-0.39, 0.29) is 18.4 Å². The summed E-state index contributed by atoms with van der Waals surface area (Å²) in [6.45, 7) is 8.10. The second-order valence-corrected chi connectivity index (χ2v) is 10.6. The van der Waals surface area contributed by atoms with Crippen LogP contribution in [0.25, 0.3) is 0 Å². The summed E-state index contributed by atoms with van der Waals surface area (Å²) in [6, 6.07) is 16.2. The van der Waals surface area contributed by atoms with Crippen molar-refractivity contribution < 1.29 is 14.3 Å². The summed E-state index contributed by atoms with van der Waals surface area (Å²) in [5, 5.41) is 3.15. The average Bonchev–Trinajstić information content (AvgIpc) is 2.89. The Bertz CT molecular complexity index is 917. The Morgan fingerprint density at radius 3 is 2.16 bits per heavy atom. The number of esters is 1. The molecule has 0 fully saturated rings. The fourth-order valence-corrected chi connectivity index (χ4v) is 5.02. The molecular weight excluding hydrogens is 480 g/mol. The van der Waals surface area contributed by atoms with E-state index in [1.807, 2.05) is 48.2 Å². The number of hydrogen-bond acceptors (Lipinski definition) is 4. The Balaban J connectivity index is 2.02. The van der Waals surface area contributed by atoms with Gasteiger partial charge in [0.25, 0.3) is 0 Å². The second-order valence-electron chi connectivity index (χ2n) is 9.44. The van der Waals surface area contributed by atoms with E-state index in [4.69, 9.17) is 4.74 Å². The largest absolute Gasteiger partial charge is 0.466 e. The van der Waals surface area contributed by atoms with Crippen molar-refractivity contribution in [1.82, 2.24) is 5.32 Å². The standard InChI is InChI=1S/C31H46N2O3S/c1-4-7-9-11-13-22-32-31(35)33(23-14-12-10-8-5-2)27-16-15-17-29(25-27)37-28-20-18-26(19-21-28)24-30(34)36-6-3/h15-21,25H,4-14,22-24H2,1-3H3,(H,32,35). The second kappa shape index (κ2) is 18.7. The third-order valence-corrected chi connectivity index (χ3v) is 7.23. The molecule has 0 aliphatic heterocycles. The molecule has 2 aromatic rings. The van der Waals surface area contributed by atoms with Gasteiger partial charge in [-0.05, 0) is 55.7 Å². The van der Waals surface area contributed by atoms with E-state index in [2.05, 4.69) is 31.3 Å². The van der Waals surface area contributed by atoms with Crippen molar-refractivity contribution in [2.75, 3.05) is 24.6 Å². The Morgan fingerprint density at radius 2 is 1.49 bits per heavy atom. The Hall–Kier alpha value is -2.47. The Kier molecular flexibility index (Phi) is 15.6. The molecule has 37 heavy (non-hydrogen) atoms. The molecule has 6 heteroatoms. The van der Waals surface area contributed by atoms with Gasteiger partial charge in [0.05, 0.1) is 13.0 Å². The molecule has 0 atom stereocenters. The summed E-state index contributed by atoms with van der Waals surface area (Å²) in [4.78, 5) is 29.0. The molecule has 2 rings (SSSR count). The molecule has 2 amide bonds. The molecule has 0 bridgehead atoms. The molecule has 0 radical (unpaired) electrons. The normalized spacial score (nSPS) is 10.8. The monoisotopic (exact) mass is 526 g/mol. The van der Waals surface area contributed by atoms with Gasteiger partial charge in [0, 0.05) is 28.6 Å². The van der Waals surface area contributed by atoms with Crippen LogP contribution in [0.3, 0.4) is 0 Å². The van der Waals surface area contributed by atoms with E-state index in [0.29, 0.717) is 6.61 Å². The van der Waals surface area contributed by atoms with Gasteiger partial charge in [-0.3, -0.25) is 9.69 Å². The summed E-state index contributed by atoms with van der Waals surface area (Å²) in [6.07, 6.45) is 12.0. The Labute approximate surface area is 228 Å². The van der Waals surface area contributed by atoms with E-state index in [0.717, 1.165) is 59.8 Å². The summed E-state index contributed by atoms with van der Waals surface area (Å²) in [5.41, 5.74) is 1.88. The van der Waals surface area contributed by atoms with Gasteiger partial charge in [0.15, 0.2) is 0 Å². The van der Waals surface area contributed by atoms with E-state index >= 15 is 0 Å². The van der Waals surface area contributed by atoms with Gasteiger partial charge in [-0.2, -0.15) is 0 Å². The van der Waals surface area contributed by atoms with Crippen molar-refractivity contribution in [2.45, 2.75) is 101 Å². The molecule has 0 unspecified atom stereocenters. The molecule has 0 aliphatic carbocycles.